The van der Waals surface area contributed by atoms with Crippen LogP contribution in [-0.4, -0.2) is 19.3 Å². The molecule has 0 aliphatic carbocycles. The first-order valence-electron chi connectivity index (χ1n) is 7.52. The Morgan fingerprint density at radius 2 is 1.62 bits per heavy atom. The Morgan fingerprint density at radius 1 is 1.05 bits per heavy atom. The van der Waals surface area contributed by atoms with Gasteiger partial charge in [0, 0.05) is 18.8 Å². The van der Waals surface area contributed by atoms with Gasteiger partial charge in [0.1, 0.15) is 0 Å². The summed E-state index contributed by atoms with van der Waals surface area (Å²) < 4.78 is 38.1. The number of halogens is 3. The predicted octanol–water partition coefficient (Wildman–Crippen LogP) is 5.07. The van der Waals surface area contributed by atoms with Crippen LogP contribution in [0.1, 0.15) is 44.7 Å². The fourth-order valence-electron chi connectivity index (χ4n) is 3.15. The van der Waals surface area contributed by atoms with Gasteiger partial charge in [0.15, 0.2) is 0 Å². The van der Waals surface area contributed by atoms with Gasteiger partial charge in [-0.15, -0.1) is 0 Å². The van der Waals surface area contributed by atoms with E-state index in [4.69, 9.17) is 0 Å². The highest BCUT2D eigenvalue weighted by molar-refractivity contribution is 5.52. The van der Waals surface area contributed by atoms with Crippen LogP contribution >= 0.6 is 0 Å². The Morgan fingerprint density at radius 3 is 2.05 bits per heavy atom. The summed E-state index contributed by atoms with van der Waals surface area (Å²) in [6, 6.07) is 6.26. The smallest absolute Gasteiger partial charge is 0.371 e. The zero-order valence-electron chi connectivity index (χ0n) is 13.2. The van der Waals surface area contributed by atoms with E-state index in [0.29, 0.717) is 13.1 Å². The van der Waals surface area contributed by atoms with Crippen LogP contribution in [0.4, 0.5) is 18.9 Å². The maximum Gasteiger partial charge on any atom is 0.391 e. The Hall–Kier alpha value is -1.19. The molecule has 1 aromatic rings. The van der Waals surface area contributed by atoms with Gasteiger partial charge in [-0.25, -0.2) is 0 Å². The number of piperidine rings is 1. The minimum absolute atomic E-state index is 0.0892. The zero-order chi connectivity index (χ0) is 15.8. The topological polar surface area (TPSA) is 3.24 Å². The molecule has 1 heterocycles. The highest BCUT2D eigenvalue weighted by atomic mass is 19.4. The van der Waals surface area contributed by atoms with E-state index in [1.165, 1.54) is 11.1 Å². The third-order valence-corrected chi connectivity index (χ3v) is 4.34. The number of benzene rings is 1. The minimum atomic E-state index is -4.04. The van der Waals surface area contributed by atoms with Gasteiger partial charge in [0.05, 0.1) is 5.92 Å². The van der Waals surface area contributed by atoms with Crippen molar-refractivity contribution in [1.29, 1.82) is 0 Å². The molecule has 0 N–H and O–H groups in total. The predicted molar refractivity (Wildman–Crippen MR) is 80.9 cm³/mol. The molecule has 2 rings (SSSR count). The third-order valence-electron chi connectivity index (χ3n) is 4.34. The van der Waals surface area contributed by atoms with E-state index in [1.807, 2.05) is 6.07 Å². The van der Waals surface area contributed by atoms with Crippen molar-refractivity contribution in [3.05, 3.63) is 29.3 Å². The first-order chi connectivity index (χ1) is 9.59. The fourth-order valence-corrected chi connectivity index (χ4v) is 3.15. The second-order valence-electron chi connectivity index (χ2n) is 7.05. The van der Waals surface area contributed by atoms with Crippen molar-refractivity contribution in [3.63, 3.8) is 0 Å². The van der Waals surface area contributed by atoms with Crippen LogP contribution < -0.4 is 4.90 Å². The van der Waals surface area contributed by atoms with Crippen molar-refractivity contribution in [2.24, 2.45) is 5.92 Å². The maximum absolute atomic E-state index is 12.7. The first-order valence-corrected chi connectivity index (χ1v) is 7.52. The Kier molecular flexibility index (Phi) is 4.27. The molecule has 0 aromatic heterocycles. The molecule has 0 spiro atoms. The summed E-state index contributed by atoms with van der Waals surface area (Å²) in [5.74, 6) is -1.14. The van der Waals surface area contributed by atoms with Crippen LogP contribution in [0, 0.1) is 12.8 Å². The monoisotopic (exact) mass is 299 g/mol. The quantitative estimate of drug-likeness (QED) is 0.699. The second kappa shape index (κ2) is 5.54. The number of hydrogen-bond donors (Lipinski definition) is 0. The van der Waals surface area contributed by atoms with Crippen LogP contribution in [0.15, 0.2) is 18.2 Å². The van der Waals surface area contributed by atoms with E-state index in [2.05, 4.69) is 44.7 Å². The van der Waals surface area contributed by atoms with Crippen molar-refractivity contribution in [3.8, 4) is 0 Å². The van der Waals surface area contributed by atoms with E-state index < -0.39 is 12.1 Å². The van der Waals surface area contributed by atoms with E-state index in [-0.39, 0.29) is 18.3 Å². The molecule has 1 nitrogen and oxygen atoms in total. The molecule has 0 saturated carbocycles. The molecule has 0 unspecified atom stereocenters. The number of rotatable bonds is 1. The van der Waals surface area contributed by atoms with Crippen molar-refractivity contribution in [2.45, 2.75) is 52.1 Å². The van der Waals surface area contributed by atoms with Gasteiger partial charge < -0.3 is 4.90 Å². The molecular weight excluding hydrogens is 275 g/mol. The Balaban J connectivity index is 2.10. The van der Waals surface area contributed by atoms with Gasteiger partial charge in [0.2, 0.25) is 0 Å². The highest BCUT2D eigenvalue weighted by Gasteiger charge is 2.41. The molecule has 1 fully saturated rings. The minimum Gasteiger partial charge on any atom is -0.371 e. The fraction of sp³-hybridized carbons (Fsp3) is 0.647. The molecule has 0 radical (unpaired) electrons. The van der Waals surface area contributed by atoms with Crippen molar-refractivity contribution >= 4 is 5.69 Å². The molecule has 1 aromatic carbocycles. The van der Waals surface area contributed by atoms with Crippen LogP contribution in [0.5, 0.6) is 0 Å². The second-order valence-corrected chi connectivity index (χ2v) is 7.05. The summed E-state index contributed by atoms with van der Waals surface area (Å²) in [6.45, 7) is 9.56. The number of anilines is 1. The summed E-state index contributed by atoms with van der Waals surface area (Å²) in [6.07, 6.45) is -3.65. The van der Waals surface area contributed by atoms with Crippen LogP contribution in [0.3, 0.4) is 0 Å². The maximum atomic E-state index is 12.7. The van der Waals surface area contributed by atoms with Gasteiger partial charge in [-0.1, -0.05) is 26.8 Å². The number of hydrogen-bond acceptors (Lipinski definition) is 1. The van der Waals surface area contributed by atoms with E-state index in [0.717, 1.165) is 5.69 Å². The average Bonchev–Trinajstić information content (AvgIpc) is 2.36. The highest BCUT2D eigenvalue weighted by Crippen LogP contribution is 2.36. The van der Waals surface area contributed by atoms with Gasteiger partial charge in [-0.05, 0) is 48.4 Å². The summed E-state index contributed by atoms with van der Waals surface area (Å²) in [5, 5.41) is 0. The number of alkyl halides is 3. The lowest BCUT2D eigenvalue weighted by molar-refractivity contribution is -0.179. The lowest BCUT2D eigenvalue weighted by atomic mass is 9.84. The van der Waals surface area contributed by atoms with Crippen molar-refractivity contribution < 1.29 is 13.2 Å². The van der Waals surface area contributed by atoms with Crippen molar-refractivity contribution in [2.75, 3.05) is 18.0 Å². The lowest BCUT2D eigenvalue weighted by Crippen LogP contribution is -2.39. The molecule has 4 heteroatoms. The SMILES string of the molecule is Cc1cc(N2CCC(C(F)(F)F)CC2)ccc1C(C)(C)C. The van der Waals surface area contributed by atoms with Gasteiger partial charge >= 0.3 is 6.18 Å². The van der Waals surface area contributed by atoms with Crippen molar-refractivity contribution in [1.82, 2.24) is 0 Å². The lowest BCUT2D eigenvalue weighted by Gasteiger charge is -2.35. The van der Waals surface area contributed by atoms with Gasteiger partial charge in [-0.2, -0.15) is 13.2 Å². The van der Waals surface area contributed by atoms with Gasteiger partial charge in [0.25, 0.3) is 0 Å². The summed E-state index contributed by atoms with van der Waals surface area (Å²) in [5.41, 5.74) is 3.63. The number of nitrogens with zero attached hydrogens (tertiary/aromatic N) is 1. The van der Waals surface area contributed by atoms with Crippen LogP contribution in [0.25, 0.3) is 0 Å². The molecule has 0 amide bonds. The molecule has 21 heavy (non-hydrogen) atoms. The standard InChI is InChI=1S/C17H24F3N/c1-12-11-14(5-6-15(12)16(2,3)4)21-9-7-13(8-10-21)17(18,19)20/h5-6,11,13H,7-10H2,1-4H3. The average molecular weight is 299 g/mol. The normalized spacial score (nSPS) is 18.1. The Labute approximate surface area is 125 Å². The van der Waals surface area contributed by atoms with E-state index >= 15 is 0 Å². The van der Waals surface area contributed by atoms with Crippen LogP contribution in [0.2, 0.25) is 0 Å². The molecule has 1 saturated heterocycles. The molecule has 1 aliphatic heterocycles. The molecular formula is C17H24F3N. The Bertz CT molecular complexity index is 492. The van der Waals surface area contributed by atoms with Crippen LogP contribution in [-0.2, 0) is 5.41 Å². The third kappa shape index (κ3) is 3.72. The molecule has 0 bridgehead atoms. The largest absolute Gasteiger partial charge is 0.391 e. The summed E-state index contributed by atoms with van der Waals surface area (Å²) in [7, 11) is 0. The number of aryl methyl sites for hydroxylation is 1. The molecule has 118 valence electrons. The van der Waals surface area contributed by atoms with E-state index in [1.54, 1.807) is 0 Å². The van der Waals surface area contributed by atoms with Gasteiger partial charge in [-0.3, -0.25) is 0 Å². The summed E-state index contributed by atoms with van der Waals surface area (Å²) in [4.78, 5) is 2.07. The summed E-state index contributed by atoms with van der Waals surface area (Å²) >= 11 is 0. The first kappa shape index (κ1) is 16.2. The zero-order valence-corrected chi connectivity index (χ0v) is 13.2. The molecule has 0 atom stereocenters. The molecule has 1 aliphatic rings. The van der Waals surface area contributed by atoms with E-state index in [9.17, 15) is 13.2 Å².